The van der Waals surface area contributed by atoms with Crippen molar-refractivity contribution in [1.29, 1.82) is 0 Å². The highest BCUT2D eigenvalue weighted by atomic mass is 35.6. The zero-order valence-corrected chi connectivity index (χ0v) is 11.1. The minimum absolute atomic E-state index is 0.664. The molecule has 0 aromatic heterocycles. The zero-order chi connectivity index (χ0) is 11.1. The first kappa shape index (κ1) is 12.4. The Morgan fingerprint density at radius 3 is 1.93 bits per heavy atom. The fourth-order valence-corrected chi connectivity index (χ4v) is 2.62. The highest BCUT2D eigenvalue weighted by Gasteiger charge is 2.28. The zero-order valence-electron chi connectivity index (χ0n) is 8.09. The molecule has 0 saturated carbocycles. The monoisotopic (exact) mass is 270 g/mol. The number of hydrogen-bond acceptors (Lipinski definition) is 0. The first-order chi connectivity index (χ1) is 6.25. The molecule has 0 aliphatic rings. The molecule has 0 nitrogen and oxygen atoms in total. The Bertz CT molecular complexity index is 363. The van der Waals surface area contributed by atoms with Crippen molar-refractivity contribution in [3.05, 3.63) is 33.3 Å². The minimum Gasteiger partial charge on any atom is -0.0837 e. The summed E-state index contributed by atoms with van der Waals surface area (Å²) in [4.78, 5) is 0. The van der Waals surface area contributed by atoms with E-state index in [-0.39, 0.29) is 0 Å². The van der Waals surface area contributed by atoms with Gasteiger partial charge in [-0.2, -0.15) is 0 Å². The lowest BCUT2D eigenvalue weighted by molar-refractivity contribution is 1.13. The number of aryl methyl sites for hydroxylation is 2. The molecule has 0 radical (unpaired) electrons. The van der Waals surface area contributed by atoms with Crippen LogP contribution in [0.4, 0.5) is 0 Å². The van der Waals surface area contributed by atoms with Crippen LogP contribution in [0.25, 0.3) is 0 Å². The Balaban J connectivity index is 3.53. The molecule has 78 valence electrons. The second-order valence-corrected chi connectivity index (χ2v) is 5.98. The van der Waals surface area contributed by atoms with Gasteiger partial charge in [0.25, 0.3) is 0 Å². The Morgan fingerprint density at radius 2 is 1.50 bits per heavy atom. The standard InChI is InChI=1S/C10H10Cl4/c1-5-4-6(2)9(11)7(3)8(5)10(12,13)14/h4H,1-3H3. The summed E-state index contributed by atoms with van der Waals surface area (Å²) in [6, 6.07) is 1.92. The normalized spacial score (nSPS) is 11.9. The first-order valence-electron chi connectivity index (χ1n) is 4.08. The van der Waals surface area contributed by atoms with Gasteiger partial charge in [0.15, 0.2) is 0 Å². The molecule has 0 heterocycles. The van der Waals surface area contributed by atoms with Crippen molar-refractivity contribution in [2.24, 2.45) is 0 Å². The second-order valence-electron chi connectivity index (χ2n) is 3.32. The molecule has 0 aliphatic heterocycles. The van der Waals surface area contributed by atoms with Crippen LogP contribution < -0.4 is 0 Å². The second kappa shape index (κ2) is 4.09. The number of alkyl halides is 3. The van der Waals surface area contributed by atoms with E-state index in [4.69, 9.17) is 46.4 Å². The van der Waals surface area contributed by atoms with Crippen molar-refractivity contribution >= 4 is 46.4 Å². The van der Waals surface area contributed by atoms with Crippen LogP contribution in [0, 0.1) is 20.8 Å². The molecule has 0 amide bonds. The highest BCUT2D eigenvalue weighted by Crippen LogP contribution is 2.43. The Labute approximate surface area is 104 Å². The third kappa shape index (κ3) is 2.30. The maximum absolute atomic E-state index is 6.08. The fraction of sp³-hybridized carbons (Fsp3) is 0.400. The number of benzene rings is 1. The van der Waals surface area contributed by atoms with E-state index in [9.17, 15) is 0 Å². The third-order valence-corrected chi connectivity index (χ3v) is 3.31. The van der Waals surface area contributed by atoms with E-state index in [1.54, 1.807) is 0 Å². The van der Waals surface area contributed by atoms with E-state index < -0.39 is 3.79 Å². The van der Waals surface area contributed by atoms with Gasteiger partial charge in [-0.15, -0.1) is 0 Å². The topological polar surface area (TPSA) is 0 Å². The van der Waals surface area contributed by atoms with E-state index in [1.807, 2.05) is 26.8 Å². The molecule has 1 aromatic carbocycles. The van der Waals surface area contributed by atoms with Crippen LogP contribution in [0.1, 0.15) is 22.3 Å². The molecule has 0 saturated heterocycles. The average Bonchev–Trinajstić information content (AvgIpc) is 1.97. The van der Waals surface area contributed by atoms with Gasteiger partial charge in [0.1, 0.15) is 0 Å². The third-order valence-electron chi connectivity index (χ3n) is 2.16. The van der Waals surface area contributed by atoms with Gasteiger partial charge in [-0.05, 0) is 37.5 Å². The van der Waals surface area contributed by atoms with Crippen LogP contribution in [-0.4, -0.2) is 0 Å². The molecule has 0 N–H and O–H groups in total. The predicted octanol–water partition coefficient (Wildman–Crippen LogP) is 5.09. The van der Waals surface area contributed by atoms with Gasteiger partial charge in [0, 0.05) is 10.6 Å². The van der Waals surface area contributed by atoms with Crippen molar-refractivity contribution in [1.82, 2.24) is 0 Å². The van der Waals surface area contributed by atoms with Crippen molar-refractivity contribution < 1.29 is 0 Å². The number of rotatable bonds is 0. The summed E-state index contributed by atoms with van der Waals surface area (Å²) in [5, 5.41) is 0.664. The molecule has 0 unspecified atom stereocenters. The van der Waals surface area contributed by atoms with Crippen LogP contribution in [0.5, 0.6) is 0 Å². The van der Waals surface area contributed by atoms with E-state index in [0.29, 0.717) is 10.6 Å². The van der Waals surface area contributed by atoms with Gasteiger partial charge in [0.2, 0.25) is 3.79 Å². The summed E-state index contributed by atoms with van der Waals surface area (Å²) in [5.41, 5.74) is 3.46. The molecular weight excluding hydrogens is 262 g/mol. The quantitative estimate of drug-likeness (QED) is 0.577. The first-order valence-corrected chi connectivity index (χ1v) is 5.60. The molecule has 1 rings (SSSR count). The predicted molar refractivity (Wildman–Crippen MR) is 64.9 cm³/mol. The van der Waals surface area contributed by atoms with E-state index in [0.717, 1.165) is 16.7 Å². The Kier molecular flexibility index (Phi) is 3.64. The van der Waals surface area contributed by atoms with E-state index in [1.165, 1.54) is 0 Å². The van der Waals surface area contributed by atoms with Gasteiger partial charge in [-0.3, -0.25) is 0 Å². The molecular formula is C10H10Cl4. The molecule has 0 fully saturated rings. The molecule has 0 atom stereocenters. The summed E-state index contributed by atoms with van der Waals surface area (Å²) in [7, 11) is 0. The summed E-state index contributed by atoms with van der Waals surface area (Å²) >= 11 is 23.7. The molecule has 0 aliphatic carbocycles. The van der Waals surface area contributed by atoms with Crippen LogP contribution >= 0.6 is 46.4 Å². The SMILES string of the molecule is Cc1cc(C)c(C(Cl)(Cl)Cl)c(C)c1Cl. The van der Waals surface area contributed by atoms with E-state index >= 15 is 0 Å². The number of halogens is 4. The maximum atomic E-state index is 6.08. The maximum Gasteiger partial charge on any atom is 0.216 e. The van der Waals surface area contributed by atoms with Crippen LogP contribution in [0.2, 0.25) is 5.02 Å². The lowest BCUT2D eigenvalue weighted by atomic mass is 10.0. The van der Waals surface area contributed by atoms with Crippen LogP contribution in [-0.2, 0) is 3.79 Å². The molecule has 0 spiro atoms. The largest absolute Gasteiger partial charge is 0.216 e. The Hall–Kier alpha value is 0.380. The lowest BCUT2D eigenvalue weighted by Crippen LogP contribution is -2.07. The van der Waals surface area contributed by atoms with Gasteiger partial charge in [0.05, 0.1) is 0 Å². The van der Waals surface area contributed by atoms with Crippen LogP contribution in [0.15, 0.2) is 6.07 Å². The van der Waals surface area contributed by atoms with Crippen molar-refractivity contribution in [3.8, 4) is 0 Å². The highest BCUT2D eigenvalue weighted by molar-refractivity contribution is 6.67. The number of hydrogen-bond donors (Lipinski definition) is 0. The minimum atomic E-state index is -1.41. The van der Waals surface area contributed by atoms with Crippen molar-refractivity contribution in [2.45, 2.75) is 24.6 Å². The summed E-state index contributed by atoms with van der Waals surface area (Å²) in [5.74, 6) is 0. The van der Waals surface area contributed by atoms with Gasteiger partial charge in [-0.25, -0.2) is 0 Å². The summed E-state index contributed by atoms with van der Waals surface area (Å²) < 4.78 is -1.41. The molecule has 14 heavy (non-hydrogen) atoms. The summed E-state index contributed by atoms with van der Waals surface area (Å²) in [6.45, 7) is 5.71. The fourth-order valence-electron chi connectivity index (χ4n) is 1.60. The van der Waals surface area contributed by atoms with Crippen LogP contribution in [0.3, 0.4) is 0 Å². The van der Waals surface area contributed by atoms with Crippen molar-refractivity contribution in [3.63, 3.8) is 0 Å². The Morgan fingerprint density at radius 1 is 1.00 bits per heavy atom. The summed E-state index contributed by atoms with van der Waals surface area (Å²) in [6.07, 6.45) is 0. The van der Waals surface area contributed by atoms with Gasteiger partial charge < -0.3 is 0 Å². The molecule has 4 heteroatoms. The van der Waals surface area contributed by atoms with Gasteiger partial charge in [-0.1, -0.05) is 52.5 Å². The average molecular weight is 272 g/mol. The van der Waals surface area contributed by atoms with Gasteiger partial charge >= 0.3 is 0 Å². The molecule has 0 bridgehead atoms. The van der Waals surface area contributed by atoms with Crippen molar-refractivity contribution in [2.75, 3.05) is 0 Å². The van der Waals surface area contributed by atoms with E-state index in [2.05, 4.69) is 0 Å². The lowest BCUT2D eigenvalue weighted by Gasteiger charge is -2.19. The molecule has 1 aromatic rings. The smallest absolute Gasteiger partial charge is 0.0837 e.